The topological polar surface area (TPSA) is 71.1 Å². The number of nitrogens with zero attached hydrogens (tertiary/aromatic N) is 2. The molecule has 0 spiro atoms. The zero-order valence-corrected chi connectivity index (χ0v) is 16.1. The van der Waals surface area contributed by atoms with Gasteiger partial charge in [-0.3, -0.25) is 9.59 Å². The van der Waals surface area contributed by atoms with Gasteiger partial charge in [-0.05, 0) is 56.3 Å². The van der Waals surface area contributed by atoms with E-state index in [0.29, 0.717) is 49.5 Å². The molecular weight excluding hydrogens is 358 g/mol. The minimum atomic E-state index is -0.552. The lowest BCUT2D eigenvalue weighted by atomic mass is 9.92. The summed E-state index contributed by atoms with van der Waals surface area (Å²) < 4.78 is 11.2. The Labute approximate surface area is 165 Å². The first kappa shape index (κ1) is 17.8. The van der Waals surface area contributed by atoms with Crippen molar-refractivity contribution in [3.8, 4) is 11.5 Å². The average molecular weight is 385 g/mol. The van der Waals surface area contributed by atoms with Crippen LogP contribution in [0.4, 0.5) is 5.69 Å². The third-order valence-corrected chi connectivity index (χ3v) is 6.67. The van der Waals surface area contributed by atoms with Gasteiger partial charge in [0.25, 0.3) is 0 Å². The van der Waals surface area contributed by atoms with E-state index in [-0.39, 0.29) is 11.8 Å². The molecule has 4 aliphatic heterocycles. The van der Waals surface area contributed by atoms with E-state index >= 15 is 0 Å². The summed E-state index contributed by atoms with van der Waals surface area (Å²) in [6.45, 7) is 5.29. The van der Waals surface area contributed by atoms with Crippen LogP contribution in [0.15, 0.2) is 18.2 Å². The van der Waals surface area contributed by atoms with E-state index in [4.69, 9.17) is 9.47 Å². The van der Waals surface area contributed by atoms with E-state index in [2.05, 4.69) is 5.32 Å². The second kappa shape index (κ2) is 7.28. The molecule has 1 aromatic rings. The lowest BCUT2D eigenvalue weighted by Crippen LogP contribution is -2.41. The summed E-state index contributed by atoms with van der Waals surface area (Å²) in [5.41, 5.74) is 0.779. The number of anilines is 1. The molecule has 4 heterocycles. The fourth-order valence-electron chi connectivity index (χ4n) is 5.02. The number of benzene rings is 1. The second-order valence-electron chi connectivity index (χ2n) is 8.24. The number of nitrogens with one attached hydrogen (secondary N) is 1. The number of carbonyl (C=O) groups excluding carboxylic acids is 2. The summed E-state index contributed by atoms with van der Waals surface area (Å²) in [5.74, 6) is 2.09. The van der Waals surface area contributed by atoms with Gasteiger partial charge in [0.1, 0.15) is 19.1 Å². The van der Waals surface area contributed by atoms with Gasteiger partial charge in [0.2, 0.25) is 11.8 Å². The molecule has 3 fully saturated rings. The molecule has 7 nitrogen and oxygen atoms in total. The summed E-state index contributed by atoms with van der Waals surface area (Å²) >= 11 is 0. The maximum Gasteiger partial charge on any atom is 0.239 e. The predicted octanol–water partition coefficient (Wildman–Crippen LogP) is 1.27. The fourth-order valence-corrected chi connectivity index (χ4v) is 5.02. The van der Waals surface area contributed by atoms with Crippen LogP contribution in [0.25, 0.3) is 0 Å². The molecule has 1 unspecified atom stereocenters. The van der Waals surface area contributed by atoms with Gasteiger partial charge in [0.05, 0.1) is 0 Å². The Hall–Kier alpha value is -2.28. The SMILES string of the molecule is O=C(C1CCN(c2ccc3c(c2)OCCO3)C1=O)N1CC[C@@H]2CNC[C@@H]2CC1. The molecule has 5 rings (SSSR count). The average Bonchev–Trinajstić information content (AvgIpc) is 3.28. The van der Waals surface area contributed by atoms with Crippen LogP contribution in [0.5, 0.6) is 11.5 Å². The van der Waals surface area contributed by atoms with E-state index in [1.165, 1.54) is 0 Å². The van der Waals surface area contributed by atoms with Crippen LogP contribution in [0.2, 0.25) is 0 Å². The van der Waals surface area contributed by atoms with E-state index in [0.717, 1.165) is 44.7 Å². The minimum Gasteiger partial charge on any atom is -0.486 e. The van der Waals surface area contributed by atoms with Crippen LogP contribution < -0.4 is 19.7 Å². The first-order valence-corrected chi connectivity index (χ1v) is 10.4. The van der Waals surface area contributed by atoms with Gasteiger partial charge in [-0.15, -0.1) is 0 Å². The Morgan fingerprint density at radius 2 is 1.68 bits per heavy atom. The number of hydrogen-bond donors (Lipinski definition) is 1. The Bertz CT molecular complexity index is 769. The molecule has 3 atom stereocenters. The summed E-state index contributed by atoms with van der Waals surface area (Å²) in [5, 5.41) is 3.46. The number of fused-ring (bicyclic) bond motifs is 2. The van der Waals surface area contributed by atoms with Crippen molar-refractivity contribution in [2.45, 2.75) is 19.3 Å². The van der Waals surface area contributed by atoms with E-state index in [1.54, 1.807) is 4.90 Å². The van der Waals surface area contributed by atoms with Crippen molar-refractivity contribution in [1.82, 2.24) is 10.2 Å². The van der Waals surface area contributed by atoms with Crippen molar-refractivity contribution in [3.05, 3.63) is 18.2 Å². The molecule has 150 valence electrons. The number of amides is 2. The van der Waals surface area contributed by atoms with Gasteiger partial charge in [-0.25, -0.2) is 0 Å². The summed E-state index contributed by atoms with van der Waals surface area (Å²) in [6.07, 6.45) is 2.66. The molecule has 0 aliphatic carbocycles. The van der Waals surface area contributed by atoms with Gasteiger partial charge < -0.3 is 24.6 Å². The van der Waals surface area contributed by atoms with E-state index in [1.807, 2.05) is 23.1 Å². The van der Waals surface area contributed by atoms with Gasteiger partial charge >= 0.3 is 0 Å². The van der Waals surface area contributed by atoms with Crippen LogP contribution in [0.1, 0.15) is 19.3 Å². The highest BCUT2D eigenvalue weighted by molar-refractivity contribution is 6.09. The molecule has 0 saturated carbocycles. The Balaban J connectivity index is 1.27. The van der Waals surface area contributed by atoms with Crippen LogP contribution >= 0.6 is 0 Å². The molecule has 2 amide bonds. The lowest BCUT2D eigenvalue weighted by Gasteiger charge is -2.25. The third kappa shape index (κ3) is 3.11. The Morgan fingerprint density at radius 1 is 0.964 bits per heavy atom. The molecular formula is C21H27N3O4. The summed E-state index contributed by atoms with van der Waals surface area (Å²) in [4.78, 5) is 29.8. The molecule has 28 heavy (non-hydrogen) atoms. The molecule has 0 radical (unpaired) electrons. The second-order valence-corrected chi connectivity index (χ2v) is 8.24. The highest BCUT2D eigenvalue weighted by Gasteiger charge is 2.41. The molecule has 1 N–H and O–H groups in total. The van der Waals surface area contributed by atoms with Crippen LogP contribution in [-0.2, 0) is 9.59 Å². The maximum absolute atomic E-state index is 13.1. The third-order valence-electron chi connectivity index (χ3n) is 6.67. The predicted molar refractivity (Wildman–Crippen MR) is 104 cm³/mol. The van der Waals surface area contributed by atoms with Crippen LogP contribution in [0, 0.1) is 17.8 Å². The smallest absolute Gasteiger partial charge is 0.239 e. The van der Waals surface area contributed by atoms with Crippen molar-refractivity contribution in [2.75, 3.05) is 50.8 Å². The number of likely N-dealkylation sites (tertiary alicyclic amines) is 1. The monoisotopic (exact) mass is 385 g/mol. The molecule has 1 aromatic carbocycles. The van der Waals surface area contributed by atoms with Crippen molar-refractivity contribution in [2.24, 2.45) is 17.8 Å². The zero-order chi connectivity index (χ0) is 19.1. The highest BCUT2D eigenvalue weighted by Crippen LogP contribution is 2.36. The summed E-state index contributed by atoms with van der Waals surface area (Å²) in [6, 6.07) is 5.56. The Morgan fingerprint density at radius 3 is 2.43 bits per heavy atom. The molecule has 7 heteroatoms. The summed E-state index contributed by atoms with van der Waals surface area (Å²) in [7, 11) is 0. The van der Waals surface area contributed by atoms with Gasteiger partial charge in [-0.2, -0.15) is 0 Å². The molecule has 0 aromatic heterocycles. The van der Waals surface area contributed by atoms with Gasteiger partial charge in [-0.1, -0.05) is 0 Å². The largest absolute Gasteiger partial charge is 0.486 e. The number of hydrogen-bond acceptors (Lipinski definition) is 5. The minimum absolute atomic E-state index is 0.0120. The van der Waals surface area contributed by atoms with Crippen molar-refractivity contribution in [3.63, 3.8) is 0 Å². The van der Waals surface area contributed by atoms with Gasteiger partial charge in [0, 0.05) is 31.4 Å². The van der Waals surface area contributed by atoms with Crippen molar-refractivity contribution < 1.29 is 19.1 Å². The highest BCUT2D eigenvalue weighted by atomic mass is 16.6. The van der Waals surface area contributed by atoms with E-state index < -0.39 is 5.92 Å². The number of rotatable bonds is 2. The lowest BCUT2D eigenvalue weighted by molar-refractivity contribution is -0.139. The fraction of sp³-hybridized carbons (Fsp3) is 0.619. The number of carbonyl (C=O) groups is 2. The maximum atomic E-state index is 13.1. The number of ether oxygens (including phenoxy) is 2. The molecule has 0 bridgehead atoms. The van der Waals surface area contributed by atoms with E-state index in [9.17, 15) is 9.59 Å². The van der Waals surface area contributed by atoms with Gasteiger partial charge in [0.15, 0.2) is 11.5 Å². The van der Waals surface area contributed by atoms with Crippen LogP contribution in [-0.4, -0.2) is 62.7 Å². The first-order chi connectivity index (χ1) is 13.7. The first-order valence-electron chi connectivity index (χ1n) is 10.4. The normalized spacial score (nSPS) is 29.6. The molecule has 3 saturated heterocycles. The van der Waals surface area contributed by atoms with Crippen molar-refractivity contribution >= 4 is 17.5 Å². The standard InChI is InChI=1S/C21H27N3O4/c25-20(23-6-3-14-12-22-13-15(14)4-7-23)17-5-8-24(21(17)26)16-1-2-18-19(11-16)28-10-9-27-18/h1-2,11,14-15,17,22H,3-10,12-13H2/t14-,15+,17?. The van der Waals surface area contributed by atoms with Crippen LogP contribution in [0.3, 0.4) is 0 Å². The quantitative estimate of drug-likeness (QED) is 0.777. The zero-order valence-electron chi connectivity index (χ0n) is 16.1. The Kier molecular flexibility index (Phi) is 4.62. The molecule has 4 aliphatic rings. The van der Waals surface area contributed by atoms with Crippen molar-refractivity contribution in [1.29, 1.82) is 0 Å².